The highest BCUT2D eigenvalue weighted by Crippen LogP contribution is 2.44. The molecule has 2 aliphatic rings. The number of ether oxygens (including phenoxy) is 1. The van der Waals surface area contributed by atoms with Crippen LogP contribution in [0.1, 0.15) is 55.6 Å². The number of benzene rings is 2. The smallest absolute Gasteiger partial charge is 0.407 e. The van der Waals surface area contributed by atoms with Crippen LogP contribution in [0.25, 0.3) is 11.1 Å². The molecule has 4 N–H and O–H groups in total. The third kappa shape index (κ3) is 5.82. The number of aliphatic hydroxyl groups is 1. The van der Waals surface area contributed by atoms with E-state index in [-0.39, 0.29) is 37.4 Å². The highest BCUT2D eigenvalue weighted by molar-refractivity contribution is 5.81. The Balaban J connectivity index is 1.35. The Morgan fingerprint density at radius 3 is 2.23 bits per heavy atom. The number of carboxylic acids is 1. The predicted molar refractivity (Wildman–Crippen MR) is 130 cm³/mol. The molecule has 3 unspecified atom stereocenters. The van der Waals surface area contributed by atoms with Crippen molar-refractivity contribution < 1.29 is 29.3 Å². The third-order valence-electron chi connectivity index (χ3n) is 7.00. The van der Waals surface area contributed by atoms with E-state index in [0.29, 0.717) is 12.8 Å². The van der Waals surface area contributed by atoms with E-state index in [1.54, 1.807) is 0 Å². The summed E-state index contributed by atoms with van der Waals surface area (Å²) in [5, 5.41) is 23.8. The average molecular weight is 481 g/mol. The molecule has 2 aromatic rings. The van der Waals surface area contributed by atoms with Crippen LogP contribution in [0.2, 0.25) is 0 Å². The van der Waals surface area contributed by atoms with Gasteiger partial charge in [0, 0.05) is 24.9 Å². The van der Waals surface area contributed by atoms with Gasteiger partial charge in [0.15, 0.2) is 6.10 Å². The Morgan fingerprint density at radius 2 is 1.57 bits per heavy atom. The van der Waals surface area contributed by atoms with Gasteiger partial charge in [0.25, 0.3) is 0 Å². The summed E-state index contributed by atoms with van der Waals surface area (Å²) in [7, 11) is 0. The fourth-order valence-corrected chi connectivity index (χ4v) is 5.17. The van der Waals surface area contributed by atoms with Crippen molar-refractivity contribution in [2.75, 3.05) is 13.2 Å². The van der Waals surface area contributed by atoms with Crippen LogP contribution in [0, 0.1) is 5.92 Å². The van der Waals surface area contributed by atoms with Crippen molar-refractivity contribution >= 4 is 18.0 Å². The molecule has 2 aliphatic carbocycles. The third-order valence-corrected chi connectivity index (χ3v) is 7.00. The Kier molecular flexibility index (Phi) is 8.02. The van der Waals surface area contributed by atoms with Crippen LogP contribution in [-0.2, 0) is 14.3 Å². The Morgan fingerprint density at radius 1 is 0.943 bits per heavy atom. The molecule has 35 heavy (non-hydrogen) atoms. The SMILES string of the molecule is O=C(NC1CCCCCC1C(=O)NCCC(O)C(=O)O)OCC1c2ccccc2-c2ccccc21. The summed E-state index contributed by atoms with van der Waals surface area (Å²) in [6, 6.07) is 15.9. The normalized spacial score (nSPS) is 20.1. The van der Waals surface area contributed by atoms with Gasteiger partial charge in [-0.05, 0) is 35.1 Å². The van der Waals surface area contributed by atoms with Gasteiger partial charge in [0.2, 0.25) is 5.91 Å². The molecule has 1 fully saturated rings. The molecule has 186 valence electrons. The fourth-order valence-electron chi connectivity index (χ4n) is 5.17. The van der Waals surface area contributed by atoms with Crippen LogP contribution in [0.5, 0.6) is 0 Å². The number of hydrogen-bond donors (Lipinski definition) is 4. The van der Waals surface area contributed by atoms with Crippen LogP contribution < -0.4 is 10.6 Å². The van der Waals surface area contributed by atoms with Crippen molar-refractivity contribution in [2.45, 2.75) is 56.6 Å². The van der Waals surface area contributed by atoms with Gasteiger partial charge in [-0.1, -0.05) is 67.8 Å². The molecule has 0 heterocycles. The topological polar surface area (TPSA) is 125 Å². The first kappa shape index (κ1) is 24.7. The molecule has 4 rings (SSSR count). The van der Waals surface area contributed by atoms with Crippen molar-refractivity contribution in [1.29, 1.82) is 0 Å². The van der Waals surface area contributed by atoms with E-state index in [4.69, 9.17) is 9.84 Å². The molecular weight excluding hydrogens is 448 g/mol. The summed E-state index contributed by atoms with van der Waals surface area (Å²) in [5.41, 5.74) is 4.59. The van der Waals surface area contributed by atoms with Gasteiger partial charge in [0.1, 0.15) is 6.61 Å². The fraction of sp³-hybridized carbons (Fsp3) is 0.444. The van der Waals surface area contributed by atoms with Gasteiger partial charge in [0.05, 0.1) is 5.92 Å². The zero-order valence-electron chi connectivity index (χ0n) is 19.6. The number of aliphatic carboxylic acids is 1. The molecule has 2 aromatic carbocycles. The van der Waals surface area contributed by atoms with Crippen molar-refractivity contribution in [3.05, 3.63) is 59.7 Å². The molecule has 0 saturated heterocycles. The monoisotopic (exact) mass is 480 g/mol. The standard InChI is InChI=1S/C27H32N2O6/c30-24(26(32)33)14-15-28-25(31)21-12-2-1-3-13-23(21)29-27(34)35-16-22-19-10-6-4-8-17(19)18-9-5-7-11-20(18)22/h4-11,21-24,30H,1-3,12-16H2,(H,28,31)(H,29,34)(H,32,33). The number of rotatable bonds is 8. The van der Waals surface area contributed by atoms with Crippen LogP contribution in [0.4, 0.5) is 4.79 Å². The number of carbonyl (C=O) groups is 3. The van der Waals surface area contributed by atoms with Crippen LogP contribution in [-0.4, -0.2) is 53.5 Å². The number of carbonyl (C=O) groups excluding carboxylic acids is 2. The summed E-state index contributed by atoms with van der Waals surface area (Å²) in [6.45, 7) is 0.261. The molecule has 0 spiro atoms. The van der Waals surface area contributed by atoms with E-state index >= 15 is 0 Å². The zero-order valence-corrected chi connectivity index (χ0v) is 19.6. The molecule has 0 bridgehead atoms. The lowest BCUT2D eigenvalue weighted by atomic mass is 9.93. The van der Waals surface area contributed by atoms with Crippen molar-refractivity contribution in [3.8, 4) is 11.1 Å². The van der Waals surface area contributed by atoms with E-state index in [0.717, 1.165) is 41.5 Å². The minimum Gasteiger partial charge on any atom is -0.479 e. The molecule has 8 nitrogen and oxygen atoms in total. The number of nitrogens with one attached hydrogen (secondary N) is 2. The number of hydrogen-bond acceptors (Lipinski definition) is 5. The number of carboxylic acid groups (broad SMARTS) is 1. The first-order chi connectivity index (χ1) is 17.0. The number of fused-ring (bicyclic) bond motifs is 3. The zero-order chi connectivity index (χ0) is 24.8. The molecule has 0 aliphatic heterocycles. The van der Waals surface area contributed by atoms with E-state index in [1.807, 2.05) is 24.3 Å². The van der Waals surface area contributed by atoms with Gasteiger partial charge >= 0.3 is 12.1 Å². The molecule has 8 heteroatoms. The summed E-state index contributed by atoms with van der Waals surface area (Å²) in [6.07, 6.45) is 1.91. The summed E-state index contributed by atoms with van der Waals surface area (Å²) in [4.78, 5) is 36.4. The second-order valence-corrected chi connectivity index (χ2v) is 9.25. The van der Waals surface area contributed by atoms with Crippen LogP contribution in [0.15, 0.2) is 48.5 Å². The summed E-state index contributed by atoms with van der Waals surface area (Å²) < 4.78 is 5.67. The molecule has 1 saturated carbocycles. The number of alkyl carbamates (subject to hydrolysis) is 1. The second kappa shape index (κ2) is 11.4. The van der Waals surface area contributed by atoms with Gasteiger partial charge in [-0.15, -0.1) is 0 Å². The van der Waals surface area contributed by atoms with Crippen molar-refractivity contribution in [3.63, 3.8) is 0 Å². The Hall–Kier alpha value is -3.39. The first-order valence-corrected chi connectivity index (χ1v) is 12.3. The van der Waals surface area contributed by atoms with Gasteiger partial charge in [-0.2, -0.15) is 0 Å². The molecular formula is C27H32N2O6. The lowest BCUT2D eigenvalue weighted by molar-refractivity contribution is -0.147. The van der Waals surface area contributed by atoms with E-state index in [2.05, 4.69) is 34.9 Å². The lowest BCUT2D eigenvalue weighted by Crippen LogP contribution is -2.47. The van der Waals surface area contributed by atoms with Crippen LogP contribution in [0.3, 0.4) is 0 Å². The highest BCUT2D eigenvalue weighted by Gasteiger charge is 2.33. The second-order valence-electron chi connectivity index (χ2n) is 9.25. The summed E-state index contributed by atoms with van der Waals surface area (Å²) in [5.74, 6) is -2.03. The van der Waals surface area contributed by atoms with Gasteiger partial charge in [-0.3, -0.25) is 4.79 Å². The highest BCUT2D eigenvalue weighted by atomic mass is 16.5. The average Bonchev–Trinajstić information content (AvgIpc) is 2.99. The maximum Gasteiger partial charge on any atom is 0.407 e. The molecule has 0 radical (unpaired) electrons. The van der Waals surface area contributed by atoms with Crippen molar-refractivity contribution in [1.82, 2.24) is 10.6 Å². The number of amides is 2. The van der Waals surface area contributed by atoms with Crippen LogP contribution >= 0.6 is 0 Å². The lowest BCUT2D eigenvalue weighted by Gasteiger charge is -2.25. The first-order valence-electron chi connectivity index (χ1n) is 12.3. The Labute approximate surface area is 204 Å². The molecule has 3 atom stereocenters. The minimum atomic E-state index is -1.51. The van der Waals surface area contributed by atoms with E-state index < -0.39 is 24.1 Å². The van der Waals surface area contributed by atoms with E-state index in [9.17, 15) is 19.5 Å². The predicted octanol–water partition coefficient (Wildman–Crippen LogP) is 3.43. The maximum absolute atomic E-state index is 12.8. The largest absolute Gasteiger partial charge is 0.479 e. The molecule has 0 aromatic heterocycles. The summed E-state index contributed by atoms with van der Waals surface area (Å²) >= 11 is 0. The Bertz CT molecular complexity index is 1030. The maximum atomic E-state index is 12.8. The number of aliphatic hydroxyl groups excluding tert-OH is 1. The van der Waals surface area contributed by atoms with E-state index in [1.165, 1.54) is 0 Å². The van der Waals surface area contributed by atoms with Gasteiger partial charge in [-0.25, -0.2) is 9.59 Å². The quantitative estimate of drug-likeness (QED) is 0.429. The minimum absolute atomic E-state index is 0.0398. The molecule has 2 amide bonds. The van der Waals surface area contributed by atoms with Gasteiger partial charge < -0.3 is 25.6 Å². The van der Waals surface area contributed by atoms with Crippen molar-refractivity contribution in [2.24, 2.45) is 5.92 Å².